The zero-order valence-electron chi connectivity index (χ0n) is 5.41. The number of rotatable bonds is 0. The van der Waals surface area contributed by atoms with Crippen molar-refractivity contribution >= 4 is 22.5 Å². The molecule has 11 heavy (non-hydrogen) atoms. The summed E-state index contributed by atoms with van der Waals surface area (Å²) in [7, 11) is 0. The fourth-order valence-electron chi connectivity index (χ4n) is 0.945. The van der Waals surface area contributed by atoms with Crippen LogP contribution >= 0.6 is 11.6 Å². The molecule has 1 aliphatic heterocycles. The van der Waals surface area contributed by atoms with Crippen molar-refractivity contribution in [1.29, 1.82) is 0 Å². The Morgan fingerprint density at radius 3 is 3.09 bits per heavy atom. The number of aromatic nitrogens is 1. The van der Waals surface area contributed by atoms with Crippen LogP contribution in [0.25, 0.3) is 0 Å². The van der Waals surface area contributed by atoms with E-state index >= 15 is 0 Å². The van der Waals surface area contributed by atoms with Gasteiger partial charge in [-0.2, -0.15) is 0 Å². The van der Waals surface area contributed by atoms with E-state index in [0.29, 0.717) is 11.4 Å². The molecule has 1 atom stereocenters. The van der Waals surface area contributed by atoms with E-state index in [1.807, 2.05) is 0 Å². The lowest BCUT2D eigenvalue weighted by Crippen LogP contribution is -2.95. The summed E-state index contributed by atoms with van der Waals surface area (Å²) in [5.74, 6) is 0. The Morgan fingerprint density at radius 1 is 1.55 bits per heavy atom. The molecule has 1 aromatic rings. The van der Waals surface area contributed by atoms with Gasteiger partial charge in [-0.3, -0.25) is 0 Å². The first-order chi connectivity index (χ1) is 5.29. The third-order valence-electron chi connectivity index (χ3n) is 1.43. The third-order valence-corrected chi connectivity index (χ3v) is 1.70. The molecule has 0 bridgehead atoms. The number of hydrogen-bond acceptors (Lipinski definition) is 3. The molecule has 0 aromatic carbocycles. The number of hydrogen-bond donors (Lipinski definition) is 1. The van der Waals surface area contributed by atoms with Gasteiger partial charge in [0, 0.05) is 12.3 Å². The highest BCUT2D eigenvalue weighted by Crippen LogP contribution is 2.14. The van der Waals surface area contributed by atoms with Crippen LogP contribution in [0.2, 0.25) is 0 Å². The SMILES string of the molecule is [O-][NH+]1N=C(Cl)c2ncccc21. The summed E-state index contributed by atoms with van der Waals surface area (Å²) in [6.07, 6.45) is 1.58. The average Bonchev–Trinajstić information content (AvgIpc) is 2.30. The lowest BCUT2D eigenvalue weighted by atomic mass is 10.3. The zero-order valence-corrected chi connectivity index (χ0v) is 6.17. The van der Waals surface area contributed by atoms with Crippen LogP contribution < -0.4 is 5.17 Å². The van der Waals surface area contributed by atoms with Gasteiger partial charge in [0.15, 0.2) is 11.4 Å². The number of quaternary nitrogens is 1. The Balaban J connectivity index is 2.62. The predicted octanol–water partition coefficient (Wildman–Crippen LogP) is 0.00980. The minimum absolute atomic E-state index is 0.186. The van der Waals surface area contributed by atoms with Gasteiger partial charge in [0.2, 0.25) is 5.17 Å². The highest BCUT2D eigenvalue weighted by Gasteiger charge is 2.22. The molecule has 0 fully saturated rings. The van der Waals surface area contributed by atoms with Gasteiger partial charge in [-0.05, 0) is 6.07 Å². The zero-order chi connectivity index (χ0) is 7.84. The summed E-state index contributed by atoms with van der Waals surface area (Å²) in [5, 5.41) is 14.4. The maximum atomic E-state index is 11.0. The highest BCUT2D eigenvalue weighted by molar-refractivity contribution is 6.69. The standard InChI is InChI=1S/C6H4ClN3O/c7-6-5-4(10(11)9-6)2-1-3-8-5/h1-3,10H. The van der Waals surface area contributed by atoms with Crippen molar-refractivity contribution < 1.29 is 5.17 Å². The second-order valence-corrected chi connectivity index (χ2v) is 2.47. The van der Waals surface area contributed by atoms with Crippen LogP contribution in [-0.2, 0) is 0 Å². The van der Waals surface area contributed by atoms with E-state index < -0.39 is 0 Å². The van der Waals surface area contributed by atoms with Gasteiger partial charge in [0.05, 0.1) is 0 Å². The van der Waals surface area contributed by atoms with Crippen molar-refractivity contribution in [1.82, 2.24) is 4.98 Å². The topological polar surface area (TPSA) is 52.8 Å². The molecule has 1 N–H and O–H groups in total. The maximum absolute atomic E-state index is 11.0. The van der Waals surface area contributed by atoms with E-state index in [4.69, 9.17) is 11.6 Å². The molecule has 0 saturated carbocycles. The summed E-state index contributed by atoms with van der Waals surface area (Å²) in [5.41, 5.74) is 0.969. The minimum Gasteiger partial charge on any atom is -0.601 e. The third kappa shape index (κ3) is 0.920. The highest BCUT2D eigenvalue weighted by atomic mass is 35.5. The van der Waals surface area contributed by atoms with Crippen molar-refractivity contribution in [3.63, 3.8) is 0 Å². The number of nitrogens with zero attached hydrogens (tertiary/aromatic N) is 2. The van der Waals surface area contributed by atoms with Gasteiger partial charge in [0.25, 0.3) is 0 Å². The number of halogens is 1. The number of pyridine rings is 1. The molecule has 1 unspecified atom stereocenters. The van der Waals surface area contributed by atoms with E-state index in [1.165, 1.54) is 0 Å². The molecular formula is C6H4ClN3O. The number of fused-ring (bicyclic) bond motifs is 1. The first-order valence-corrected chi connectivity index (χ1v) is 3.41. The van der Waals surface area contributed by atoms with Crippen LogP contribution in [-0.4, -0.2) is 10.2 Å². The summed E-state index contributed by atoms with van der Waals surface area (Å²) in [4.78, 5) is 3.91. The largest absolute Gasteiger partial charge is 0.601 e. The molecule has 0 saturated heterocycles. The Labute approximate surface area is 67.7 Å². The van der Waals surface area contributed by atoms with Crippen LogP contribution in [0.3, 0.4) is 0 Å². The normalized spacial score (nSPS) is 21.3. The monoisotopic (exact) mass is 169 g/mol. The molecule has 2 heterocycles. The lowest BCUT2D eigenvalue weighted by Gasteiger charge is -2.07. The quantitative estimate of drug-likeness (QED) is 0.557. The fraction of sp³-hybridized carbons (Fsp3) is 0. The second-order valence-electron chi connectivity index (χ2n) is 2.11. The molecule has 56 valence electrons. The molecule has 0 spiro atoms. The second kappa shape index (κ2) is 2.27. The smallest absolute Gasteiger partial charge is 0.217 e. The predicted molar refractivity (Wildman–Crippen MR) is 40.6 cm³/mol. The van der Waals surface area contributed by atoms with Gasteiger partial charge in [-0.15, -0.1) is 0 Å². The van der Waals surface area contributed by atoms with E-state index in [9.17, 15) is 5.21 Å². The van der Waals surface area contributed by atoms with Crippen molar-refractivity contribution in [2.45, 2.75) is 0 Å². The molecule has 0 radical (unpaired) electrons. The summed E-state index contributed by atoms with van der Waals surface area (Å²) < 4.78 is 0. The average molecular weight is 170 g/mol. The van der Waals surface area contributed by atoms with E-state index in [0.717, 1.165) is 0 Å². The maximum Gasteiger partial charge on any atom is 0.217 e. The Morgan fingerprint density at radius 2 is 2.36 bits per heavy atom. The van der Waals surface area contributed by atoms with Crippen molar-refractivity contribution in [2.24, 2.45) is 5.10 Å². The summed E-state index contributed by atoms with van der Waals surface area (Å²) >= 11 is 5.60. The first kappa shape index (κ1) is 6.72. The van der Waals surface area contributed by atoms with E-state index in [2.05, 4.69) is 10.1 Å². The molecular weight excluding hydrogens is 166 g/mol. The minimum atomic E-state index is -0.307. The van der Waals surface area contributed by atoms with Crippen molar-refractivity contribution in [2.75, 3.05) is 0 Å². The molecule has 0 amide bonds. The van der Waals surface area contributed by atoms with Crippen LogP contribution in [0, 0.1) is 5.21 Å². The first-order valence-electron chi connectivity index (χ1n) is 3.03. The van der Waals surface area contributed by atoms with Gasteiger partial charge >= 0.3 is 0 Å². The van der Waals surface area contributed by atoms with E-state index in [-0.39, 0.29) is 10.3 Å². The summed E-state index contributed by atoms with van der Waals surface area (Å²) in [6.45, 7) is 0. The molecule has 1 aromatic heterocycles. The Kier molecular flexibility index (Phi) is 1.38. The molecule has 4 nitrogen and oxygen atoms in total. The van der Waals surface area contributed by atoms with Crippen LogP contribution in [0.1, 0.15) is 5.69 Å². The van der Waals surface area contributed by atoms with Crippen molar-refractivity contribution in [3.05, 3.63) is 29.2 Å². The van der Waals surface area contributed by atoms with Crippen LogP contribution in [0.15, 0.2) is 23.4 Å². The van der Waals surface area contributed by atoms with Gasteiger partial charge in [0.1, 0.15) is 0 Å². The van der Waals surface area contributed by atoms with Gasteiger partial charge in [-0.25, -0.2) is 10.2 Å². The summed E-state index contributed by atoms with van der Waals surface area (Å²) in [6, 6.07) is 3.34. The molecule has 0 aliphatic carbocycles. The Bertz CT molecular complexity index is 325. The van der Waals surface area contributed by atoms with Gasteiger partial charge in [-0.1, -0.05) is 16.7 Å². The van der Waals surface area contributed by atoms with Gasteiger partial charge < -0.3 is 5.21 Å². The van der Waals surface area contributed by atoms with Crippen molar-refractivity contribution in [3.8, 4) is 0 Å². The lowest BCUT2D eigenvalue weighted by molar-refractivity contribution is -0.780. The molecule has 1 aliphatic rings. The van der Waals surface area contributed by atoms with E-state index in [1.54, 1.807) is 18.3 Å². The molecule has 5 heteroatoms. The Hall–Kier alpha value is -0.970. The van der Waals surface area contributed by atoms with Crippen LogP contribution in [0.5, 0.6) is 0 Å². The molecule has 2 rings (SSSR count). The van der Waals surface area contributed by atoms with Crippen LogP contribution in [0.4, 0.5) is 5.69 Å². The fourth-order valence-corrected chi connectivity index (χ4v) is 1.17. The number of nitrogens with one attached hydrogen (secondary N) is 1.